The molecule has 5 heteroatoms. The summed E-state index contributed by atoms with van der Waals surface area (Å²) >= 11 is 0. The summed E-state index contributed by atoms with van der Waals surface area (Å²) in [5.41, 5.74) is 0.439. The van der Waals surface area contributed by atoms with Gasteiger partial charge in [0.25, 0.3) is 5.91 Å². The van der Waals surface area contributed by atoms with Crippen molar-refractivity contribution in [2.75, 3.05) is 19.6 Å². The van der Waals surface area contributed by atoms with E-state index in [1.807, 2.05) is 6.92 Å². The fraction of sp³-hybridized carbons (Fsp3) is 0.455. The molecule has 1 fully saturated rings. The van der Waals surface area contributed by atoms with E-state index >= 15 is 0 Å². The number of carbonyl (C=O) groups is 1. The number of hydrogen-bond donors (Lipinski definition) is 2. The molecule has 0 saturated carbocycles. The molecule has 1 aliphatic rings. The predicted molar refractivity (Wildman–Crippen MR) is 59.3 cm³/mol. The molecular formula is C11H15N3O2. The van der Waals surface area contributed by atoms with Crippen molar-refractivity contribution >= 4 is 5.91 Å². The van der Waals surface area contributed by atoms with Crippen LogP contribution in [-0.2, 0) is 0 Å². The maximum Gasteiger partial charge on any atom is 0.255 e. The highest BCUT2D eigenvalue weighted by Crippen LogP contribution is 2.12. The normalized spacial score (nSPS) is 20.8. The second-order valence-corrected chi connectivity index (χ2v) is 4.04. The summed E-state index contributed by atoms with van der Waals surface area (Å²) in [6.07, 6.45) is 2.80. The van der Waals surface area contributed by atoms with Gasteiger partial charge in [-0.3, -0.25) is 9.78 Å². The molecule has 2 heterocycles. The lowest BCUT2D eigenvalue weighted by atomic mass is 10.2. The summed E-state index contributed by atoms with van der Waals surface area (Å²) in [4.78, 5) is 17.6. The highest BCUT2D eigenvalue weighted by atomic mass is 16.3. The van der Waals surface area contributed by atoms with Crippen LogP contribution in [0.4, 0.5) is 0 Å². The Labute approximate surface area is 94.1 Å². The summed E-state index contributed by atoms with van der Waals surface area (Å²) in [7, 11) is 0. The Morgan fingerprint density at radius 2 is 2.44 bits per heavy atom. The van der Waals surface area contributed by atoms with Crippen molar-refractivity contribution in [3.63, 3.8) is 0 Å². The van der Waals surface area contributed by atoms with Gasteiger partial charge in [0.05, 0.1) is 11.8 Å². The number of carbonyl (C=O) groups excluding carboxylic acids is 1. The molecule has 2 rings (SSSR count). The standard InChI is InChI=1S/C11H15N3O2/c1-8-7-14(3-2-13-8)11(16)9-4-10(15)6-12-5-9/h4-6,8,13,15H,2-3,7H2,1H3. The minimum Gasteiger partial charge on any atom is -0.506 e. The van der Waals surface area contributed by atoms with E-state index in [2.05, 4.69) is 10.3 Å². The number of aromatic nitrogens is 1. The van der Waals surface area contributed by atoms with Crippen molar-refractivity contribution in [2.45, 2.75) is 13.0 Å². The van der Waals surface area contributed by atoms with Gasteiger partial charge in [0.15, 0.2) is 0 Å². The Bertz CT molecular complexity index is 395. The van der Waals surface area contributed by atoms with Crippen molar-refractivity contribution in [2.24, 2.45) is 0 Å². The molecular weight excluding hydrogens is 206 g/mol. The van der Waals surface area contributed by atoms with Crippen molar-refractivity contribution in [1.29, 1.82) is 0 Å². The Morgan fingerprint density at radius 3 is 3.12 bits per heavy atom. The second-order valence-electron chi connectivity index (χ2n) is 4.04. The fourth-order valence-electron chi connectivity index (χ4n) is 1.84. The molecule has 0 spiro atoms. The van der Waals surface area contributed by atoms with Gasteiger partial charge in [-0.1, -0.05) is 0 Å². The first-order valence-electron chi connectivity index (χ1n) is 5.33. The molecule has 0 bridgehead atoms. The third-order valence-corrected chi connectivity index (χ3v) is 2.63. The second kappa shape index (κ2) is 4.49. The zero-order valence-corrected chi connectivity index (χ0v) is 9.18. The monoisotopic (exact) mass is 221 g/mol. The molecule has 1 aromatic heterocycles. The first-order valence-corrected chi connectivity index (χ1v) is 5.33. The van der Waals surface area contributed by atoms with E-state index in [0.29, 0.717) is 24.7 Å². The number of hydrogen-bond acceptors (Lipinski definition) is 4. The van der Waals surface area contributed by atoms with Gasteiger partial charge in [-0.15, -0.1) is 0 Å². The molecule has 0 aromatic carbocycles. The summed E-state index contributed by atoms with van der Waals surface area (Å²) < 4.78 is 0. The van der Waals surface area contributed by atoms with Crippen LogP contribution in [0.25, 0.3) is 0 Å². The highest BCUT2D eigenvalue weighted by molar-refractivity contribution is 5.94. The van der Waals surface area contributed by atoms with E-state index in [4.69, 9.17) is 0 Å². The lowest BCUT2D eigenvalue weighted by molar-refractivity contribution is 0.0708. The number of aromatic hydroxyl groups is 1. The Hall–Kier alpha value is -1.62. The van der Waals surface area contributed by atoms with Gasteiger partial charge in [0.1, 0.15) is 5.75 Å². The number of nitrogens with zero attached hydrogens (tertiary/aromatic N) is 2. The molecule has 1 amide bonds. The Kier molecular flexibility index (Phi) is 3.05. The summed E-state index contributed by atoms with van der Waals surface area (Å²) in [6.45, 7) is 4.23. The molecule has 1 aliphatic heterocycles. The number of pyridine rings is 1. The van der Waals surface area contributed by atoms with Crippen molar-refractivity contribution in [3.05, 3.63) is 24.0 Å². The van der Waals surface area contributed by atoms with Crippen LogP contribution in [0.5, 0.6) is 5.75 Å². The van der Waals surface area contributed by atoms with Gasteiger partial charge in [-0.2, -0.15) is 0 Å². The van der Waals surface area contributed by atoms with Crippen LogP contribution >= 0.6 is 0 Å². The van der Waals surface area contributed by atoms with Crippen LogP contribution in [0.1, 0.15) is 17.3 Å². The molecule has 1 atom stereocenters. The van der Waals surface area contributed by atoms with Crippen molar-refractivity contribution in [3.8, 4) is 5.75 Å². The average molecular weight is 221 g/mol. The van der Waals surface area contributed by atoms with Crippen LogP contribution < -0.4 is 5.32 Å². The molecule has 5 nitrogen and oxygen atoms in total. The third kappa shape index (κ3) is 2.30. The lowest BCUT2D eigenvalue weighted by Gasteiger charge is -2.31. The third-order valence-electron chi connectivity index (χ3n) is 2.63. The molecule has 0 aliphatic carbocycles. The molecule has 86 valence electrons. The smallest absolute Gasteiger partial charge is 0.255 e. The van der Waals surface area contributed by atoms with Gasteiger partial charge in [0, 0.05) is 31.9 Å². The summed E-state index contributed by atoms with van der Waals surface area (Å²) in [5.74, 6) is -0.0502. The van der Waals surface area contributed by atoms with E-state index in [9.17, 15) is 9.90 Å². The van der Waals surface area contributed by atoms with Crippen LogP contribution in [0, 0.1) is 0 Å². The first kappa shape index (κ1) is 10.9. The largest absolute Gasteiger partial charge is 0.506 e. The van der Waals surface area contributed by atoms with E-state index in [0.717, 1.165) is 6.54 Å². The van der Waals surface area contributed by atoms with E-state index in [-0.39, 0.29) is 11.7 Å². The molecule has 1 unspecified atom stereocenters. The van der Waals surface area contributed by atoms with E-state index in [1.165, 1.54) is 18.5 Å². The van der Waals surface area contributed by atoms with E-state index < -0.39 is 0 Å². The van der Waals surface area contributed by atoms with Gasteiger partial charge in [0.2, 0.25) is 0 Å². The Morgan fingerprint density at radius 1 is 1.62 bits per heavy atom. The van der Waals surface area contributed by atoms with Crippen LogP contribution in [0.3, 0.4) is 0 Å². The molecule has 2 N–H and O–H groups in total. The van der Waals surface area contributed by atoms with Crippen molar-refractivity contribution in [1.82, 2.24) is 15.2 Å². The number of nitrogens with one attached hydrogen (secondary N) is 1. The summed E-state index contributed by atoms with van der Waals surface area (Å²) in [5, 5.41) is 12.5. The maximum atomic E-state index is 12.0. The minimum atomic E-state index is -0.0725. The SMILES string of the molecule is CC1CN(C(=O)c2cncc(O)c2)CCN1. The van der Waals surface area contributed by atoms with Crippen LogP contribution in [-0.4, -0.2) is 46.6 Å². The maximum absolute atomic E-state index is 12.0. The summed E-state index contributed by atoms with van der Waals surface area (Å²) in [6, 6.07) is 1.75. The number of rotatable bonds is 1. The lowest BCUT2D eigenvalue weighted by Crippen LogP contribution is -2.51. The fourth-order valence-corrected chi connectivity index (χ4v) is 1.84. The molecule has 0 radical (unpaired) electrons. The minimum absolute atomic E-state index is 0.0223. The quantitative estimate of drug-likeness (QED) is 0.712. The zero-order chi connectivity index (χ0) is 11.5. The van der Waals surface area contributed by atoms with Gasteiger partial charge >= 0.3 is 0 Å². The average Bonchev–Trinajstić information content (AvgIpc) is 2.28. The highest BCUT2D eigenvalue weighted by Gasteiger charge is 2.21. The molecule has 1 aromatic rings. The number of amides is 1. The number of piperazine rings is 1. The Balaban J connectivity index is 2.12. The van der Waals surface area contributed by atoms with Gasteiger partial charge < -0.3 is 15.3 Å². The topological polar surface area (TPSA) is 65.5 Å². The van der Waals surface area contributed by atoms with Crippen LogP contribution in [0.15, 0.2) is 18.5 Å². The molecule has 1 saturated heterocycles. The van der Waals surface area contributed by atoms with Crippen molar-refractivity contribution < 1.29 is 9.90 Å². The van der Waals surface area contributed by atoms with E-state index in [1.54, 1.807) is 4.90 Å². The zero-order valence-electron chi connectivity index (χ0n) is 9.18. The van der Waals surface area contributed by atoms with Gasteiger partial charge in [-0.25, -0.2) is 0 Å². The molecule has 16 heavy (non-hydrogen) atoms. The van der Waals surface area contributed by atoms with Crippen LogP contribution in [0.2, 0.25) is 0 Å². The first-order chi connectivity index (χ1) is 7.66. The predicted octanol–water partition coefficient (Wildman–Crippen LogP) is 0.221. The van der Waals surface area contributed by atoms with Gasteiger partial charge in [-0.05, 0) is 13.0 Å².